The van der Waals surface area contributed by atoms with Gasteiger partial charge in [-0.25, -0.2) is 14.0 Å². The lowest BCUT2D eigenvalue weighted by Crippen LogP contribution is -2.46. The summed E-state index contributed by atoms with van der Waals surface area (Å²) in [7, 11) is 1.47. The monoisotopic (exact) mass is 280 g/mol. The van der Waals surface area contributed by atoms with Gasteiger partial charge in [0.15, 0.2) is 0 Å². The van der Waals surface area contributed by atoms with E-state index in [1.54, 1.807) is 18.2 Å². The zero-order valence-corrected chi connectivity index (χ0v) is 11.2. The fraction of sp³-hybridized carbons (Fsp3) is 0.286. The van der Waals surface area contributed by atoms with Gasteiger partial charge >= 0.3 is 12.0 Å². The van der Waals surface area contributed by atoms with Crippen LogP contribution in [0.3, 0.4) is 0 Å². The molecule has 0 aliphatic rings. The number of amides is 2. The molecule has 0 saturated heterocycles. The first-order valence-corrected chi connectivity index (χ1v) is 6.04. The zero-order chi connectivity index (χ0) is 15.1. The number of carbonyl (C=O) groups excluding carboxylic acids is 1. The third-order valence-electron chi connectivity index (χ3n) is 2.71. The smallest absolute Gasteiger partial charge is 0.326 e. The second kappa shape index (κ2) is 7.28. The molecule has 2 amide bonds. The average molecular weight is 280 g/mol. The largest absolute Gasteiger partial charge is 0.480 e. The summed E-state index contributed by atoms with van der Waals surface area (Å²) in [5.74, 6) is -1.55. The number of carboxylic acids is 1. The van der Waals surface area contributed by atoms with Crippen LogP contribution in [0.25, 0.3) is 0 Å². The van der Waals surface area contributed by atoms with Gasteiger partial charge in [0.2, 0.25) is 0 Å². The van der Waals surface area contributed by atoms with Gasteiger partial charge < -0.3 is 15.3 Å². The molecule has 0 radical (unpaired) electrons. The highest BCUT2D eigenvalue weighted by atomic mass is 19.1. The molecule has 6 heteroatoms. The summed E-state index contributed by atoms with van der Waals surface area (Å²) in [5, 5.41) is 11.3. The van der Waals surface area contributed by atoms with Crippen molar-refractivity contribution in [1.82, 2.24) is 10.2 Å². The number of aliphatic carboxylic acids is 1. The Labute approximate surface area is 116 Å². The van der Waals surface area contributed by atoms with Crippen molar-refractivity contribution in [3.05, 3.63) is 48.3 Å². The van der Waals surface area contributed by atoms with E-state index in [4.69, 9.17) is 5.11 Å². The average Bonchev–Trinajstić information content (AvgIpc) is 2.40. The number of hydrogen-bond donors (Lipinski definition) is 2. The Morgan fingerprint density at radius 2 is 2.15 bits per heavy atom. The summed E-state index contributed by atoms with van der Waals surface area (Å²) in [6.45, 7) is 3.49. The second-order valence-electron chi connectivity index (χ2n) is 4.31. The van der Waals surface area contributed by atoms with E-state index in [0.29, 0.717) is 5.56 Å². The van der Waals surface area contributed by atoms with Crippen LogP contribution in [-0.4, -0.2) is 35.1 Å². The molecule has 0 aromatic heterocycles. The number of nitrogens with one attached hydrogen (secondary N) is 1. The first kappa shape index (κ1) is 15.7. The number of benzene rings is 1. The maximum atomic E-state index is 13.5. The summed E-state index contributed by atoms with van der Waals surface area (Å²) < 4.78 is 13.5. The lowest BCUT2D eigenvalue weighted by molar-refractivity contribution is -0.139. The molecule has 5 nitrogen and oxygen atoms in total. The summed E-state index contributed by atoms with van der Waals surface area (Å²) >= 11 is 0. The van der Waals surface area contributed by atoms with Crippen molar-refractivity contribution >= 4 is 12.0 Å². The lowest BCUT2D eigenvalue weighted by atomic mass is 10.2. The van der Waals surface area contributed by atoms with Crippen LogP contribution >= 0.6 is 0 Å². The van der Waals surface area contributed by atoms with Crippen molar-refractivity contribution in [2.75, 3.05) is 7.05 Å². The highest BCUT2D eigenvalue weighted by molar-refractivity contribution is 5.82. The molecule has 1 aromatic carbocycles. The van der Waals surface area contributed by atoms with E-state index in [2.05, 4.69) is 11.9 Å². The van der Waals surface area contributed by atoms with Crippen LogP contribution in [0.1, 0.15) is 12.0 Å². The highest BCUT2D eigenvalue weighted by Gasteiger charge is 2.20. The fourth-order valence-corrected chi connectivity index (χ4v) is 1.60. The standard InChI is InChI=1S/C14H17FN2O3/c1-3-6-12(13(18)19)16-14(20)17(2)9-10-7-4-5-8-11(10)15/h3-5,7-8,12H,1,6,9H2,2H3,(H,16,20)(H,18,19). The fourth-order valence-electron chi connectivity index (χ4n) is 1.60. The molecule has 1 aromatic rings. The number of hydrogen-bond acceptors (Lipinski definition) is 2. The molecule has 0 aliphatic carbocycles. The first-order valence-electron chi connectivity index (χ1n) is 6.04. The van der Waals surface area contributed by atoms with Gasteiger partial charge in [-0.05, 0) is 12.5 Å². The third kappa shape index (κ3) is 4.38. The topological polar surface area (TPSA) is 69.6 Å². The molecule has 0 spiro atoms. The molecule has 0 saturated carbocycles. The highest BCUT2D eigenvalue weighted by Crippen LogP contribution is 2.09. The van der Waals surface area contributed by atoms with Crippen LogP contribution in [0.5, 0.6) is 0 Å². The molecule has 1 unspecified atom stereocenters. The van der Waals surface area contributed by atoms with E-state index < -0.39 is 23.9 Å². The Kier molecular flexibility index (Phi) is 5.71. The SMILES string of the molecule is C=CCC(NC(=O)N(C)Cc1ccccc1F)C(=O)O. The summed E-state index contributed by atoms with van der Waals surface area (Å²) in [5.41, 5.74) is 0.362. The van der Waals surface area contributed by atoms with Crippen LogP contribution in [0.2, 0.25) is 0 Å². The molecule has 0 fully saturated rings. The maximum absolute atomic E-state index is 13.5. The maximum Gasteiger partial charge on any atom is 0.326 e. The normalized spacial score (nSPS) is 11.5. The van der Waals surface area contributed by atoms with E-state index in [1.165, 1.54) is 24.1 Å². The number of halogens is 1. The van der Waals surface area contributed by atoms with Crippen LogP contribution in [0.15, 0.2) is 36.9 Å². The summed E-state index contributed by atoms with van der Waals surface area (Å²) in [6, 6.07) is 4.48. The number of urea groups is 1. The Hall–Kier alpha value is -2.37. The minimum absolute atomic E-state index is 0.0545. The Morgan fingerprint density at radius 1 is 1.50 bits per heavy atom. The van der Waals surface area contributed by atoms with E-state index in [0.717, 1.165) is 0 Å². The Morgan fingerprint density at radius 3 is 2.70 bits per heavy atom. The van der Waals surface area contributed by atoms with Crippen LogP contribution in [0, 0.1) is 5.82 Å². The van der Waals surface area contributed by atoms with E-state index in [9.17, 15) is 14.0 Å². The van der Waals surface area contributed by atoms with Gasteiger partial charge in [-0.3, -0.25) is 0 Å². The number of carbonyl (C=O) groups is 2. The van der Waals surface area contributed by atoms with Gasteiger partial charge in [0.1, 0.15) is 11.9 Å². The lowest BCUT2D eigenvalue weighted by Gasteiger charge is -2.21. The van der Waals surface area contributed by atoms with Crippen LogP contribution in [-0.2, 0) is 11.3 Å². The van der Waals surface area contributed by atoms with Gasteiger partial charge in [0.05, 0.1) is 0 Å². The predicted octanol–water partition coefficient (Wildman–Crippen LogP) is 2.00. The first-order chi connectivity index (χ1) is 9.45. The molecule has 0 aliphatic heterocycles. The molecular weight excluding hydrogens is 263 g/mol. The molecule has 0 bridgehead atoms. The van der Waals surface area contributed by atoms with Gasteiger partial charge in [0.25, 0.3) is 0 Å². The molecule has 108 valence electrons. The van der Waals surface area contributed by atoms with Gasteiger partial charge in [-0.15, -0.1) is 6.58 Å². The van der Waals surface area contributed by atoms with E-state index in [-0.39, 0.29) is 13.0 Å². The molecule has 1 atom stereocenters. The Balaban J connectivity index is 2.65. The molecule has 1 rings (SSSR count). The summed E-state index contributed by atoms with van der Waals surface area (Å²) in [6.07, 6.45) is 1.53. The Bertz CT molecular complexity index is 505. The van der Waals surface area contributed by atoms with Crippen molar-refractivity contribution in [1.29, 1.82) is 0 Å². The quantitative estimate of drug-likeness (QED) is 0.783. The van der Waals surface area contributed by atoms with Crippen molar-refractivity contribution in [2.45, 2.75) is 19.0 Å². The van der Waals surface area contributed by atoms with E-state index >= 15 is 0 Å². The predicted molar refractivity (Wildman–Crippen MR) is 72.6 cm³/mol. The van der Waals surface area contributed by atoms with Crippen molar-refractivity contribution in [2.24, 2.45) is 0 Å². The van der Waals surface area contributed by atoms with Crippen LogP contribution < -0.4 is 5.32 Å². The third-order valence-corrected chi connectivity index (χ3v) is 2.71. The molecule has 0 heterocycles. The van der Waals surface area contributed by atoms with Gasteiger partial charge in [0, 0.05) is 19.2 Å². The van der Waals surface area contributed by atoms with E-state index in [1.807, 2.05) is 0 Å². The summed E-state index contributed by atoms with van der Waals surface area (Å²) in [4.78, 5) is 24.0. The van der Waals surface area contributed by atoms with Crippen molar-refractivity contribution in [3.8, 4) is 0 Å². The van der Waals surface area contributed by atoms with Gasteiger partial charge in [-0.1, -0.05) is 24.3 Å². The minimum atomic E-state index is -1.14. The molecule has 20 heavy (non-hydrogen) atoms. The zero-order valence-electron chi connectivity index (χ0n) is 11.2. The van der Waals surface area contributed by atoms with Crippen molar-refractivity contribution in [3.63, 3.8) is 0 Å². The number of rotatable bonds is 6. The van der Waals surface area contributed by atoms with Gasteiger partial charge in [-0.2, -0.15) is 0 Å². The number of carboxylic acid groups (broad SMARTS) is 1. The number of nitrogens with zero attached hydrogens (tertiary/aromatic N) is 1. The van der Waals surface area contributed by atoms with Crippen LogP contribution in [0.4, 0.5) is 9.18 Å². The molecule has 2 N–H and O–H groups in total. The minimum Gasteiger partial charge on any atom is -0.480 e. The molecular formula is C14H17FN2O3. The van der Waals surface area contributed by atoms with Crippen molar-refractivity contribution < 1.29 is 19.1 Å². The second-order valence-corrected chi connectivity index (χ2v) is 4.31.